The van der Waals surface area contributed by atoms with Gasteiger partial charge in [-0.2, -0.15) is 4.98 Å². The number of hydrogen-bond acceptors (Lipinski definition) is 6. The van der Waals surface area contributed by atoms with Crippen molar-refractivity contribution in [3.05, 3.63) is 58.3 Å². The Bertz CT molecular complexity index is 1030. The van der Waals surface area contributed by atoms with Gasteiger partial charge < -0.3 is 20.7 Å². The van der Waals surface area contributed by atoms with Crippen molar-refractivity contribution in [2.75, 3.05) is 24.8 Å². The summed E-state index contributed by atoms with van der Waals surface area (Å²) in [5, 5.41) is 9.69. The van der Waals surface area contributed by atoms with Gasteiger partial charge in [0.2, 0.25) is 5.95 Å². The summed E-state index contributed by atoms with van der Waals surface area (Å²) in [7, 11) is 3.14. The molecule has 2 aliphatic rings. The van der Waals surface area contributed by atoms with E-state index in [9.17, 15) is 4.79 Å². The second-order valence-corrected chi connectivity index (χ2v) is 7.74. The lowest BCUT2D eigenvalue weighted by Gasteiger charge is -2.16. The lowest BCUT2D eigenvalue weighted by Crippen LogP contribution is -2.18. The van der Waals surface area contributed by atoms with Crippen molar-refractivity contribution >= 4 is 35.0 Å². The molecule has 1 aromatic heterocycles. The summed E-state index contributed by atoms with van der Waals surface area (Å²) < 4.78 is 5.42. The molecule has 1 heterocycles. The van der Waals surface area contributed by atoms with Crippen LogP contribution in [-0.2, 0) is 0 Å². The molecule has 1 aromatic carbocycles. The van der Waals surface area contributed by atoms with Crippen LogP contribution in [0.25, 0.3) is 0 Å². The summed E-state index contributed by atoms with van der Waals surface area (Å²) in [6.45, 7) is 0. The van der Waals surface area contributed by atoms with Crippen LogP contribution >= 0.6 is 11.6 Å². The quantitative estimate of drug-likeness (QED) is 0.633. The van der Waals surface area contributed by atoms with Gasteiger partial charge in [0.15, 0.2) is 5.82 Å². The summed E-state index contributed by atoms with van der Waals surface area (Å²) in [5.41, 5.74) is 4.12. The predicted molar refractivity (Wildman–Crippen MR) is 119 cm³/mol. The summed E-state index contributed by atoms with van der Waals surface area (Å²) in [6.07, 6.45) is 10.3. The summed E-state index contributed by atoms with van der Waals surface area (Å²) in [6, 6.07) is 5.41. The van der Waals surface area contributed by atoms with Crippen molar-refractivity contribution in [1.82, 2.24) is 15.3 Å². The fourth-order valence-corrected chi connectivity index (χ4v) is 4.01. The fraction of sp³-hybridized carbons (Fsp3) is 0.318. The number of methoxy groups -OCH3 is 1. The minimum Gasteiger partial charge on any atom is -0.495 e. The second-order valence-electron chi connectivity index (χ2n) is 7.33. The van der Waals surface area contributed by atoms with Crippen molar-refractivity contribution in [2.45, 2.75) is 31.7 Å². The first-order chi connectivity index (χ1) is 14.6. The van der Waals surface area contributed by atoms with E-state index in [1.54, 1.807) is 38.6 Å². The maximum absolute atomic E-state index is 11.8. The third-order valence-electron chi connectivity index (χ3n) is 5.37. The molecule has 4 rings (SSSR count). The third-order valence-corrected chi connectivity index (χ3v) is 5.64. The number of hydrogen-bond donors (Lipinski definition) is 3. The Kier molecular flexibility index (Phi) is 5.90. The maximum atomic E-state index is 11.8. The van der Waals surface area contributed by atoms with E-state index < -0.39 is 0 Å². The van der Waals surface area contributed by atoms with Gasteiger partial charge in [0, 0.05) is 18.7 Å². The Morgan fingerprint density at radius 1 is 1.30 bits per heavy atom. The highest BCUT2D eigenvalue weighted by atomic mass is 35.5. The van der Waals surface area contributed by atoms with E-state index in [2.05, 4.69) is 38.1 Å². The number of aromatic nitrogens is 2. The van der Waals surface area contributed by atoms with E-state index in [1.807, 2.05) is 0 Å². The zero-order valence-electron chi connectivity index (χ0n) is 17.0. The molecule has 8 heteroatoms. The Morgan fingerprint density at radius 2 is 2.17 bits per heavy atom. The number of allylic oxidation sites excluding steroid dienone is 2. The standard InChI is InChI=1S/C22H24ClN5O2/c1-24-21(29)15-7-8-18(19(11-15)30-2)27-22-25-12-17(23)20(28-22)26-16-9-13-5-3-4-6-14(13)10-16/h3,5,7-8,11-12,16H,4,6,9-10H2,1-2H3,(H,24,29)(H2,25,26,27,28). The first-order valence-corrected chi connectivity index (χ1v) is 10.3. The van der Waals surface area contributed by atoms with E-state index in [0.29, 0.717) is 33.8 Å². The summed E-state index contributed by atoms with van der Waals surface area (Å²) >= 11 is 6.35. The molecule has 2 aromatic rings. The van der Waals surface area contributed by atoms with Crippen molar-refractivity contribution in [2.24, 2.45) is 0 Å². The number of carbonyl (C=O) groups excluding carboxylic acids is 1. The number of nitrogens with zero attached hydrogens (tertiary/aromatic N) is 2. The van der Waals surface area contributed by atoms with Crippen LogP contribution < -0.4 is 20.7 Å². The molecule has 0 spiro atoms. The molecule has 0 radical (unpaired) electrons. The molecule has 0 saturated heterocycles. The zero-order chi connectivity index (χ0) is 21.1. The van der Waals surface area contributed by atoms with E-state index in [4.69, 9.17) is 16.3 Å². The van der Waals surface area contributed by atoms with Crippen LogP contribution in [0.1, 0.15) is 36.0 Å². The van der Waals surface area contributed by atoms with Crippen molar-refractivity contribution in [3.8, 4) is 5.75 Å². The molecule has 2 aliphatic carbocycles. The SMILES string of the molecule is CNC(=O)c1ccc(Nc2ncc(Cl)c(NC3CC4=C(CCC=C4)C3)n2)c(OC)c1. The summed E-state index contributed by atoms with van der Waals surface area (Å²) in [4.78, 5) is 20.7. The molecule has 0 saturated carbocycles. The Morgan fingerprint density at radius 3 is 2.93 bits per heavy atom. The van der Waals surface area contributed by atoms with Crippen LogP contribution in [0.3, 0.4) is 0 Å². The molecule has 0 aliphatic heterocycles. The first-order valence-electron chi connectivity index (χ1n) is 9.91. The van der Waals surface area contributed by atoms with Crippen LogP contribution in [0.2, 0.25) is 5.02 Å². The predicted octanol–water partition coefficient (Wildman–Crippen LogP) is 4.46. The Hall–Kier alpha value is -3.06. The Labute approximate surface area is 180 Å². The highest BCUT2D eigenvalue weighted by Gasteiger charge is 2.24. The normalized spacial score (nSPS) is 17.5. The number of ether oxygens (including phenoxy) is 1. The van der Waals surface area contributed by atoms with Crippen LogP contribution in [0.5, 0.6) is 5.75 Å². The fourth-order valence-electron chi connectivity index (χ4n) is 3.87. The highest BCUT2D eigenvalue weighted by molar-refractivity contribution is 6.32. The van der Waals surface area contributed by atoms with Crippen LogP contribution in [-0.4, -0.2) is 36.1 Å². The number of amides is 1. The average Bonchev–Trinajstić information content (AvgIpc) is 3.18. The molecule has 1 amide bonds. The number of anilines is 3. The molecule has 0 bridgehead atoms. The number of benzene rings is 1. The maximum Gasteiger partial charge on any atom is 0.251 e. The van der Waals surface area contributed by atoms with Crippen LogP contribution in [0, 0.1) is 0 Å². The molecule has 7 nitrogen and oxygen atoms in total. The molecule has 1 unspecified atom stereocenters. The number of halogens is 1. The molecule has 0 fully saturated rings. The van der Waals surface area contributed by atoms with Crippen molar-refractivity contribution in [3.63, 3.8) is 0 Å². The number of rotatable bonds is 6. The number of carbonyl (C=O) groups is 1. The van der Waals surface area contributed by atoms with Gasteiger partial charge in [0.1, 0.15) is 10.8 Å². The lowest BCUT2D eigenvalue weighted by molar-refractivity contribution is 0.0963. The van der Waals surface area contributed by atoms with Crippen LogP contribution in [0.4, 0.5) is 17.5 Å². The Balaban J connectivity index is 1.50. The van der Waals surface area contributed by atoms with Gasteiger partial charge in [-0.1, -0.05) is 29.3 Å². The monoisotopic (exact) mass is 425 g/mol. The molecule has 30 heavy (non-hydrogen) atoms. The van der Waals surface area contributed by atoms with Gasteiger partial charge in [0.05, 0.1) is 19.0 Å². The van der Waals surface area contributed by atoms with E-state index in [1.165, 1.54) is 11.1 Å². The van der Waals surface area contributed by atoms with Gasteiger partial charge in [0.25, 0.3) is 5.91 Å². The van der Waals surface area contributed by atoms with Crippen LogP contribution in [0.15, 0.2) is 47.7 Å². The highest BCUT2D eigenvalue weighted by Crippen LogP contribution is 2.36. The van der Waals surface area contributed by atoms with E-state index >= 15 is 0 Å². The molecule has 3 N–H and O–H groups in total. The lowest BCUT2D eigenvalue weighted by atomic mass is 10.0. The summed E-state index contributed by atoms with van der Waals surface area (Å²) in [5.74, 6) is 1.33. The topological polar surface area (TPSA) is 88.2 Å². The van der Waals surface area contributed by atoms with Gasteiger partial charge in [-0.05, 0) is 49.5 Å². The smallest absolute Gasteiger partial charge is 0.251 e. The minimum absolute atomic E-state index is 0.184. The molecular weight excluding hydrogens is 402 g/mol. The first kappa shape index (κ1) is 20.2. The van der Waals surface area contributed by atoms with Gasteiger partial charge in [-0.3, -0.25) is 4.79 Å². The second kappa shape index (κ2) is 8.75. The third kappa shape index (κ3) is 4.26. The van der Waals surface area contributed by atoms with Gasteiger partial charge in [-0.15, -0.1) is 0 Å². The molecule has 1 atom stereocenters. The van der Waals surface area contributed by atoms with E-state index in [-0.39, 0.29) is 11.9 Å². The minimum atomic E-state index is -0.184. The van der Waals surface area contributed by atoms with E-state index in [0.717, 1.165) is 25.7 Å². The zero-order valence-corrected chi connectivity index (χ0v) is 17.7. The molecule has 156 valence electrons. The number of nitrogens with one attached hydrogen (secondary N) is 3. The van der Waals surface area contributed by atoms with Gasteiger partial charge in [-0.25, -0.2) is 4.98 Å². The van der Waals surface area contributed by atoms with Crippen molar-refractivity contribution < 1.29 is 9.53 Å². The average molecular weight is 426 g/mol. The molecular formula is C22H24ClN5O2. The van der Waals surface area contributed by atoms with Gasteiger partial charge >= 0.3 is 0 Å². The van der Waals surface area contributed by atoms with Crippen molar-refractivity contribution in [1.29, 1.82) is 0 Å². The largest absolute Gasteiger partial charge is 0.495 e.